The standard InChI is InChI=1S/C20H22BrN3S2/c1-3-6-15-13-7-4-5-8-14(13)16-17-18(26-19(16)24-15)20(23-11-22-17)25-10-9-12(2)21/h9,11H,3-8,10H2,1-2H3. The molecular formula is C20H22BrN3S2. The zero-order chi connectivity index (χ0) is 18.1. The highest BCUT2D eigenvalue weighted by Gasteiger charge is 2.22. The van der Waals surface area contributed by atoms with Crippen molar-refractivity contribution in [3.8, 4) is 0 Å². The molecular weight excluding hydrogens is 426 g/mol. The summed E-state index contributed by atoms with van der Waals surface area (Å²) in [6.45, 7) is 4.30. The lowest BCUT2D eigenvalue weighted by atomic mass is 9.88. The predicted octanol–water partition coefficient (Wildman–Crippen LogP) is 6.46. The van der Waals surface area contributed by atoms with Gasteiger partial charge in [0, 0.05) is 16.8 Å². The molecule has 0 radical (unpaired) electrons. The Kier molecular flexibility index (Phi) is 5.62. The van der Waals surface area contributed by atoms with Gasteiger partial charge in [-0.15, -0.1) is 23.1 Å². The van der Waals surface area contributed by atoms with Crippen molar-refractivity contribution in [2.24, 2.45) is 0 Å². The largest absolute Gasteiger partial charge is 0.242 e. The van der Waals surface area contributed by atoms with Gasteiger partial charge in [-0.2, -0.15) is 0 Å². The molecule has 136 valence electrons. The second kappa shape index (κ2) is 7.95. The van der Waals surface area contributed by atoms with Crippen molar-refractivity contribution >= 4 is 59.5 Å². The van der Waals surface area contributed by atoms with Crippen LogP contribution in [0.25, 0.3) is 20.4 Å². The van der Waals surface area contributed by atoms with Crippen molar-refractivity contribution < 1.29 is 0 Å². The number of pyridine rings is 1. The summed E-state index contributed by atoms with van der Waals surface area (Å²) in [6.07, 6.45) is 11.0. The smallest absolute Gasteiger partial charge is 0.126 e. The van der Waals surface area contributed by atoms with Crippen molar-refractivity contribution in [2.75, 3.05) is 5.75 Å². The summed E-state index contributed by atoms with van der Waals surface area (Å²) in [4.78, 5) is 15.5. The first-order chi connectivity index (χ1) is 12.7. The van der Waals surface area contributed by atoms with E-state index >= 15 is 0 Å². The second-order valence-electron chi connectivity index (χ2n) is 6.71. The fraction of sp³-hybridized carbons (Fsp3) is 0.450. The third kappa shape index (κ3) is 3.43. The normalized spacial score (nSPS) is 15.0. The first-order valence-electron chi connectivity index (χ1n) is 9.22. The van der Waals surface area contributed by atoms with Crippen molar-refractivity contribution in [1.82, 2.24) is 15.0 Å². The zero-order valence-electron chi connectivity index (χ0n) is 15.1. The molecule has 0 N–H and O–H groups in total. The minimum absolute atomic E-state index is 0.907. The van der Waals surface area contributed by atoms with E-state index in [0.717, 1.165) is 44.9 Å². The molecule has 4 rings (SSSR count). The van der Waals surface area contributed by atoms with Gasteiger partial charge in [-0.05, 0) is 54.6 Å². The van der Waals surface area contributed by atoms with Gasteiger partial charge >= 0.3 is 0 Å². The van der Waals surface area contributed by atoms with Crippen molar-refractivity contribution in [2.45, 2.75) is 57.4 Å². The average molecular weight is 448 g/mol. The van der Waals surface area contributed by atoms with Gasteiger partial charge in [-0.3, -0.25) is 0 Å². The molecule has 3 nitrogen and oxygen atoms in total. The minimum atomic E-state index is 0.907. The highest BCUT2D eigenvalue weighted by molar-refractivity contribution is 9.11. The van der Waals surface area contributed by atoms with Crippen LogP contribution in [0.3, 0.4) is 0 Å². The van der Waals surface area contributed by atoms with Crippen LogP contribution in [0.5, 0.6) is 0 Å². The summed E-state index contributed by atoms with van der Waals surface area (Å²) in [6, 6.07) is 0. The Morgan fingerprint density at radius 1 is 1.27 bits per heavy atom. The maximum atomic E-state index is 5.09. The Morgan fingerprint density at radius 2 is 2.08 bits per heavy atom. The predicted molar refractivity (Wildman–Crippen MR) is 117 cm³/mol. The van der Waals surface area contributed by atoms with Gasteiger partial charge in [0.05, 0.1) is 10.2 Å². The third-order valence-corrected chi connectivity index (χ3v) is 7.30. The van der Waals surface area contributed by atoms with E-state index in [4.69, 9.17) is 4.98 Å². The molecule has 0 unspecified atom stereocenters. The van der Waals surface area contributed by atoms with Crippen molar-refractivity contribution in [3.63, 3.8) is 0 Å². The van der Waals surface area contributed by atoms with E-state index in [1.807, 2.05) is 0 Å². The first-order valence-corrected chi connectivity index (χ1v) is 11.8. The number of halogens is 1. The summed E-state index contributed by atoms with van der Waals surface area (Å²) >= 11 is 7.04. The third-order valence-electron chi connectivity index (χ3n) is 4.85. The Labute approximate surface area is 170 Å². The number of hydrogen-bond donors (Lipinski definition) is 0. The van der Waals surface area contributed by atoms with Crippen LogP contribution in [0.1, 0.15) is 49.9 Å². The van der Waals surface area contributed by atoms with E-state index in [0.29, 0.717) is 0 Å². The number of thioether (sulfide) groups is 1. The maximum Gasteiger partial charge on any atom is 0.126 e. The number of hydrogen-bond acceptors (Lipinski definition) is 5. The quantitative estimate of drug-likeness (QED) is 0.332. The van der Waals surface area contributed by atoms with E-state index in [1.165, 1.54) is 46.2 Å². The van der Waals surface area contributed by atoms with Crippen LogP contribution in [0, 0.1) is 0 Å². The highest BCUT2D eigenvalue weighted by atomic mass is 79.9. The fourth-order valence-corrected chi connectivity index (χ4v) is 6.28. The monoisotopic (exact) mass is 447 g/mol. The lowest BCUT2D eigenvalue weighted by Crippen LogP contribution is -2.09. The van der Waals surface area contributed by atoms with Gasteiger partial charge in [0.25, 0.3) is 0 Å². The number of allylic oxidation sites excluding steroid dienone is 1. The molecule has 1 aliphatic rings. The van der Waals surface area contributed by atoms with Gasteiger partial charge in [0.1, 0.15) is 16.2 Å². The average Bonchev–Trinajstić information content (AvgIpc) is 3.01. The summed E-state index contributed by atoms with van der Waals surface area (Å²) in [5, 5.41) is 2.38. The van der Waals surface area contributed by atoms with E-state index in [9.17, 15) is 0 Å². The van der Waals surface area contributed by atoms with Gasteiger partial charge in [-0.1, -0.05) is 35.4 Å². The van der Waals surface area contributed by atoms with Crippen LogP contribution in [0.15, 0.2) is 21.9 Å². The molecule has 0 fully saturated rings. The molecule has 1 aliphatic carbocycles. The molecule has 3 heterocycles. The Bertz CT molecular complexity index is 990. The van der Waals surface area contributed by atoms with Crippen LogP contribution >= 0.6 is 39.0 Å². The van der Waals surface area contributed by atoms with Crippen LogP contribution < -0.4 is 0 Å². The molecule has 0 atom stereocenters. The van der Waals surface area contributed by atoms with Gasteiger partial charge in [0.15, 0.2) is 0 Å². The molecule has 0 aliphatic heterocycles. The first kappa shape index (κ1) is 18.4. The maximum absolute atomic E-state index is 5.09. The summed E-state index contributed by atoms with van der Waals surface area (Å²) in [5.41, 5.74) is 5.45. The number of thiophene rings is 1. The lowest BCUT2D eigenvalue weighted by Gasteiger charge is -2.19. The highest BCUT2D eigenvalue weighted by Crippen LogP contribution is 2.41. The fourth-order valence-electron chi connectivity index (χ4n) is 3.70. The molecule has 0 saturated heterocycles. The molecule has 6 heteroatoms. The van der Waals surface area contributed by atoms with E-state index < -0.39 is 0 Å². The number of aromatic nitrogens is 3. The second-order valence-corrected chi connectivity index (χ2v) is 9.97. The van der Waals surface area contributed by atoms with Crippen molar-refractivity contribution in [3.05, 3.63) is 33.7 Å². The van der Waals surface area contributed by atoms with Gasteiger partial charge < -0.3 is 0 Å². The topological polar surface area (TPSA) is 38.7 Å². The summed E-state index contributed by atoms with van der Waals surface area (Å²) in [7, 11) is 0. The number of nitrogens with zero attached hydrogens (tertiary/aromatic N) is 3. The molecule has 0 bridgehead atoms. The summed E-state index contributed by atoms with van der Waals surface area (Å²) in [5.74, 6) is 0.907. The molecule has 0 aromatic carbocycles. The van der Waals surface area contributed by atoms with Crippen LogP contribution in [-0.4, -0.2) is 20.7 Å². The number of rotatable bonds is 5. The summed E-state index contributed by atoms with van der Waals surface area (Å²) < 4.78 is 2.36. The van der Waals surface area contributed by atoms with E-state index in [-0.39, 0.29) is 0 Å². The van der Waals surface area contributed by atoms with Crippen LogP contribution in [0.2, 0.25) is 0 Å². The van der Waals surface area contributed by atoms with E-state index in [1.54, 1.807) is 29.4 Å². The molecule has 26 heavy (non-hydrogen) atoms. The van der Waals surface area contributed by atoms with Crippen LogP contribution in [0.4, 0.5) is 0 Å². The number of aryl methyl sites for hydroxylation is 2. The van der Waals surface area contributed by atoms with E-state index in [2.05, 4.69) is 45.8 Å². The molecule has 0 amide bonds. The van der Waals surface area contributed by atoms with Crippen molar-refractivity contribution in [1.29, 1.82) is 0 Å². The van der Waals surface area contributed by atoms with Gasteiger partial charge in [0.2, 0.25) is 0 Å². The zero-order valence-corrected chi connectivity index (χ0v) is 18.4. The lowest BCUT2D eigenvalue weighted by molar-refractivity contribution is 0.675. The Morgan fingerprint density at radius 3 is 2.85 bits per heavy atom. The minimum Gasteiger partial charge on any atom is -0.242 e. The molecule has 3 aromatic rings. The SMILES string of the molecule is CCCc1nc2sc3c(SCC=C(C)Br)ncnc3c2c2c1CCCC2. The molecule has 0 saturated carbocycles. The Balaban J connectivity index is 1.89. The van der Waals surface area contributed by atoms with Gasteiger partial charge in [-0.25, -0.2) is 15.0 Å². The molecule has 0 spiro atoms. The molecule has 3 aromatic heterocycles. The number of fused-ring (bicyclic) bond motifs is 5. The van der Waals surface area contributed by atoms with Crippen LogP contribution in [-0.2, 0) is 19.3 Å². The Hall–Kier alpha value is -0.980.